The van der Waals surface area contributed by atoms with Gasteiger partial charge in [0.1, 0.15) is 11.6 Å². The fraction of sp³-hybridized carbons (Fsp3) is 0.417. The van der Waals surface area contributed by atoms with E-state index >= 15 is 0 Å². The molecule has 0 radical (unpaired) electrons. The zero-order valence-electron chi connectivity index (χ0n) is 10.2. The van der Waals surface area contributed by atoms with Crippen molar-refractivity contribution in [2.24, 2.45) is 0 Å². The number of rotatable bonds is 7. The molecule has 0 amide bonds. The Labute approximate surface area is 105 Å². The summed E-state index contributed by atoms with van der Waals surface area (Å²) in [6.45, 7) is 1.42. The first-order valence-electron chi connectivity index (χ1n) is 5.60. The van der Waals surface area contributed by atoms with Gasteiger partial charge < -0.3 is 10.1 Å². The Balaban J connectivity index is 2.60. The minimum Gasteiger partial charge on any atom is -0.385 e. The second-order valence-corrected chi connectivity index (χ2v) is 3.73. The molecule has 0 aliphatic rings. The number of hydrogen-bond donors (Lipinski definition) is 1. The van der Waals surface area contributed by atoms with E-state index in [1.165, 1.54) is 12.1 Å². The quantitative estimate of drug-likeness (QED) is 0.455. The molecule has 0 spiro atoms. The van der Waals surface area contributed by atoms with Gasteiger partial charge in [0, 0.05) is 32.0 Å². The van der Waals surface area contributed by atoms with Crippen LogP contribution in [0.15, 0.2) is 18.2 Å². The normalized spacial score (nSPS) is 9.78. The topological polar surface area (TPSA) is 88.2 Å². The number of nitrogens with zero attached hydrogens (tertiary/aromatic N) is 2. The zero-order valence-corrected chi connectivity index (χ0v) is 10.2. The number of methoxy groups -OCH3 is 1. The number of nitro benzene ring substituents is 1. The molecule has 0 bridgehead atoms. The van der Waals surface area contributed by atoms with Gasteiger partial charge in [-0.05, 0) is 25.0 Å². The summed E-state index contributed by atoms with van der Waals surface area (Å²) in [5, 5.41) is 22.6. The molecule has 18 heavy (non-hydrogen) atoms. The van der Waals surface area contributed by atoms with Crippen LogP contribution in [0.25, 0.3) is 0 Å². The van der Waals surface area contributed by atoms with Crippen molar-refractivity contribution in [1.82, 2.24) is 0 Å². The molecule has 0 heterocycles. The van der Waals surface area contributed by atoms with Crippen molar-refractivity contribution in [3.8, 4) is 6.07 Å². The molecule has 0 saturated carbocycles. The molecule has 0 fully saturated rings. The van der Waals surface area contributed by atoms with Gasteiger partial charge in [0.2, 0.25) is 0 Å². The van der Waals surface area contributed by atoms with E-state index in [4.69, 9.17) is 10.00 Å². The van der Waals surface area contributed by atoms with Crippen molar-refractivity contribution >= 4 is 11.4 Å². The fourth-order valence-electron chi connectivity index (χ4n) is 1.49. The minimum absolute atomic E-state index is 0.0740. The van der Waals surface area contributed by atoms with E-state index in [0.29, 0.717) is 18.8 Å². The largest absolute Gasteiger partial charge is 0.385 e. The number of unbranched alkanes of at least 4 members (excludes halogenated alkanes) is 1. The van der Waals surface area contributed by atoms with Gasteiger partial charge in [-0.2, -0.15) is 5.26 Å². The predicted molar refractivity (Wildman–Crippen MR) is 67.4 cm³/mol. The number of benzene rings is 1. The Morgan fingerprint density at radius 1 is 1.50 bits per heavy atom. The van der Waals surface area contributed by atoms with Crippen LogP contribution in [0.4, 0.5) is 11.4 Å². The minimum atomic E-state index is -0.547. The Kier molecular flexibility index (Phi) is 5.61. The Morgan fingerprint density at radius 3 is 2.89 bits per heavy atom. The van der Waals surface area contributed by atoms with Gasteiger partial charge in [0.05, 0.1) is 4.92 Å². The number of ether oxygens (including phenoxy) is 1. The van der Waals surface area contributed by atoms with Crippen LogP contribution in [0.3, 0.4) is 0 Å². The van der Waals surface area contributed by atoms with Crippen LogP contribution in [0.5, 0.6) is 0 Å². The molecule has 0 aromatic heterocycles. The third kappa shape index (κ3) is 4.03. The molecule has 0 unspecified atom stereocenters. The van der Waals surface area contributed by atoms with E-state index in [9.17, 15) is 10.1 Å². The Hall–Kier alpha value is -2.13. The van der Waals surface area contributed by atoms with E-state index in [0.717, 1.165) is 12.8 Å². The van der Waals surface area contributed by atoms with Crippen molar-refractivity contribution in [1.29, 1.82) is 5.26 Å². The molecule has 6 nitrogen and oxygen atoms in total. The fourth-order valence-corrected chi connectivity index (χ4v) is 1.49. The number of anilines is 1. The van der Waals surface area contributed by atoms with Crippen molar-refractivity contribution in [2.75, 3.05) is 25.6 Å². The maximum absolute atomic E-state index is 10.8. The van der Waals surface area contributed by atoms with Gasteiger partial charge >= 0.3 is 0 Å². The van der Waals surface area contributed by atoms with Gasteiger partial charge in [0.25, 0.3) is 5.69 Å². The molecule has 0 saturated heterocycles. The monoisotopic (exact) mass is 249 g/mol. The van der Waals surface area contributed by atoms with Crippen LogP contribution in [-0.4, -0.2) is 25.2 Å². The smallest absolute Gasteiger partial charge is 0.289 e. The summed E-state index contributed by atoms with van der Waals surface area (Å²) in [6, 6.07) is 6.31. The number of nitro groups is 1. The highest BCUT2D eigenvalue weighted by atomic mass is 16.6. The molecular formula is C12H15N3O3. The first-order valence-corrected chi connectivity index (χ1v) is 5.60. The summed E-state index contributed by atoms with van der Waals surface area (Å²) in [7, 11) is 1.65. The van der Waals surface area contributed by atoms with Crippen molar-refractivity contribution in [3.05, 3.63) is 33.9 Å². The van der Waals surface area contributed by atoms with Crippen molar-refractivity contribution in [2.45, 2.75) is 12.8 Å². The predicted octanol–water partition coefficient (Wildman–Crippen LogP) is 2.30. The van der Waals surface area contributed by atoms with Gasteiger partial charge in [-0.1, -0.05) is 0 Å². The average Bonchev–Trinajstić information content (AvgIpc) is 2.38. The molecular weight excluding hydrogens is 234 g/mol. The summed E-state index contributed by atoms with van der Waals surface area (Å²) in [6.07, 6.45) is 1.85. The zero-order chi connectivity index (χ0) is 13.4. The lowest BCUT2D eigenvalue weighted by Gasteiger charge is -2.06. The third-order valence-corrected chi connectivity index (χ3v) is 2.42. The third-order valence-electron chi connectivity index (χ3n) is 2.42. The Bertz CT molecular complexity index is 454. The van der Waals surface area contributed by atoms with Gasteiger partial charge in [-0.15, -0.1) is 0 Å². The highest BCUT2D eigenvalue weighted by molar-refractivity contribution is 5.59. The van der Waals surface area contributed by atoms with E-state index in [-0.39, 0.29) is 11.3 Å². The van der Waals surface area contributed by atoms with Gasteiger partial charge in [0.15, 0.2) is 0 Å². The van der Waals surface area contributed by atoms with Crippen LogP contribution >= 0.6 is 0 Å². The van der Waals surface area contributed by atoms with Crippen LogP contribution in [0.1, 0.15) is 18.4 Å². The van der Waals surface area contributed by atoms with E-state index in [1.54, 1.807) is 19.2 Å². The van der Waals surface area contributed by atoms with Gasteiger partial charge in [-0.3, -0.25) is 10.1 Å². The number of hydrogen-bond acceptors (Lipinski definition) is 5. The van der Waals surface area contributed by atoms with E-state index in [2.05, 4.69) is 5.32 Å². The van der Waals surface area contributed by atoms with Crippen LogP contribution in [0.2, 0.25) is 0 Å². The van der Waals surface area contributed by atoms with E-state index in [1.807, 2.05) is 0 Å². The first kappa shape index (κ1) is 13.9. The summed E-state index contributed by atoms with van der Waals surface area (Å²) in [5.74, 6) is 0. The lowest BCUT2D eigenvalue weighted by molar-refractivity contribution is -0.385. The molecule has 0 aliphatic heterocycles. The van der Waals surface area contributed by atoms with Crippen LogP contribution in [-0.2, 0) is 4.74 Å². The summed E-state index contributed by atoms with van der Waals surface area (Å²) in [5.41, 5.74) is 0.558. The van der Waals surface area contributed by atoms with Crippen LogP contribution in [0, 0.1) is 21.4 Å². The Morgan fingerprint density at radius 2 is 2.28 bits per heavy atom. The van der Waals surface area contributed by atoms with Crippen molar-refractivity contribution < 1.29 is 9.66 Å². The van der Waals surface area contributed by atoms with E-state index < -0.39 is 4.92 Å². The summed E-state index contributed by atoms with van der Waals surface area (Å²) in [4.78, 5) is 10.2. The lowest BCUT2D eigenvalue weighted by Crippen LogP contribution is -2.04. The maximum Gasteiger partial charge on any atom is 0.289 e. The second-order valence-electron chi connectivity index (χ2n) is 3.73. The number of nitrogens with one attached hydrogen (secondary N) is 1. The van der Waals surface area contributed by atoms with Crippen molar-refractivity contribution in [3.63, 3.8) is 0 Å². The molecule has 1 N–H and O–H groups in total. The SMILES string of the molecule is COCCCCNc1ccc(C#N)c([N+](=O)[O-])c1. The molecule has 6 heteroatoms. The highest BCUT2D eigenvalue weighted by Gasteiger charge is 2.13. The lowest BCUT2D eigenvalue weighted by atomic mass is 10.1. The molecule has 1 rings (SSSR count). The average molecular weight is 249 g/mol. The molecule has 1 aromatic rings. The standard InChI is InChI=1S/C12H15N3O3/c1-18-7-3-2-6-14-11-5-4-10(9-13)12(8-11)15(16)17/h4-5,8,14H,2-3,6-7H2,1H3. The second kappa shape index (κ2) is 7.25. The molecule has 1 aromatic carbocycles. The summed E-state index contributed by atoms with van der Waals surface area (Å²) >= 11 is 0. The molecule has 96 valence electrons. The van der Waals surface area contributed by atoms with Gasteiger partial charge in [-0.25, -0.2) is 0 Å². The molecule has 0 atom stereocenters. The molecule has 0 aliphatic carbocycles. The highest BCUT2D eigenvalue weighted by Crippen LogP contribution is 2.22. The first-order chi connectivity index (χ1) is 8.69. The maximum atomic E-state index is 10.8. The number of nitriles is 1. The van der Waals surface area contributed by atoms with Crippen LogP contribution < -0.4 is 5.32 Å². The summed E-state index contributed by atoms with van der Waals surface area (Å²) < 4.78 is 4.92.